The zero-order valence-corrected chi connectivity index (χ0v) is 29.6. The molecule has 0 radical (unpaired) electrons. The first-order valence-corrected chi connectivity index (χ1v) is 19.9. The number of hydrogen-bond donors (Lipinski definition) is 1. The summed E-state index contributed by atoms with van der Waals surface area (Å²) in [5, 5.41) is 13.4. The van der Waals surface area contributed by atoms with Gasteiger partial charge in [-0.15, -0.1) is 0 Å². The standard InChI is InChI=1S/C36H52O5Si2/c1-26(2)42(27(3)4,28(5)6)41-35(29-20-21-33-34(22-29)39-25-38-33)30(23-37)24-40-43(36(7,8)9,31-16-12-10-13-17-31)32-18-14-11-15-19-32/h10-22,26-28,30,35,37H,23-25H2,1-9H3/t30-,35-/m0/s1. The van der Waals surface area contributed by atoms with Crippen molar-refractivity contribution in [3.8, 4) is 11.5 Å². The third kappa shape index (κ3) is 6.52. The normalized spacial score (nSPS) is 15.4. The summed E-state index contributed by atoms with van der Waals surface area (Å²) < 4.78 is 26.3. The average Bonchev–Trinajstić information content (AvgIpc) is 3.44. The van der Waals surface area contributed by atoms with Crippen LogP contribution < -0.4 is 19.8 Å². The largest absolute Gasteiger partial charge is 0.454 e. The summed E-state index contributed by atoms with van der Waals surface area (Å²) in [7, 11) is -5.16. The van der Waals surface area contributed by atoms with Gasteiger partial charge in [0.25, 0.3) is 8.32 Å². The Morgan fingerprint density at radius 3 is 1.72 bits per heavy atom. The molecular weight excluding hydrogens is 569 g/mol. The topological polar surface area (TPSA) is 57.2 Å². The van der Waals surface area contributed by atoms with E-state index in [1.54, 1.807) is 0 Å². The van der Waals surface area contributed by atoms with Crippen molar-refractivity contribution in [2.45, 2.75) is 90.1 Å². The molecule has 4 rings (SSSR count). The highest BCUT2D eigenvalue weighted by Crippen LogP contribution is 2.48. The van der Waals surface area contributed by atoms with E-state index in [0.717, 1.165) is 17.1 Å². The maximum atomic E-state index is 11.1. The Hall–Kier alpha value is -2.43. The third-order valence-corrected chi connectivity index (χ3v) is 20.4. The van der Waals surface area contributed by atoms with Gasteiger partial charge in [-0.3, -0.25) is 0 Å². The molecule has 0 saturated heterocycles. The first-order valence-electron chi connectivity index (χ1n) is 15.8. The van der Waals surface area contributed by atoms with Gasteiger partial charge in [-0.2, -0.15) is 0 Å². The van der Waals surface area contributed by atoms with Crippen LogP contribution in [0.1, 0.15) is 74.0 Å². The molecule has 0 aliphatic carbocycles. The molecule has 5 nitrogen and oxygen atoms in total. The van der Waals surface area contributed by atoms with Crippen molar-refractivity contribution >= 4 is 27.0 Å². The predicted octanol–water partition coefficient (Wildman–Crippen LogP) is 7.83. The molecule has 0 amide bonds. The molecule has 3 aromatic carbocycles. The Kier molecular flexibility index (Phi) is 10.7. The van der Waals surface area contributed by atoms with E-state index in [-0.39, 0.29) is 30.5 Å². The quantitative estimate of drug-likeness (QED) is 0.197. The van der Waals surface area contributed by atoms with Gasteiger partial charge in [0.1, 0.15) is 0 Å². The third-order valence-electron chi connectivity index (χ3n) is 9.36. The number of benzene rings is 3. The summed E-state index contributed by atoms with van der Waals surface area (Å²) in [6.45, 7) is 21.2. The van der Waals surface area contributed by atoms with Crippen molar-refractivity contribution in [1.29, 1.82) is 0 Å². The van der Waals surface area contributed by atoms with E-state index in [1.165, 1.54) is 10.4 Å². The second-order valence-corrected chi connectivity index (χ2v) is 23.6. The lowest BCUT2D eigenvalue weighted by atomic mass is 9.97. The molecule has 0 spiro atoms. The molecular formula is C36H52O5Si2. The molecule has 3 aromatic rings. The Morgan fingerprint density at radius 2 is 1.26 bits per heavy atom. The maximum Gasteiger partial charge on any atom is 0.261 e. The summed E-state index contributed by atoms with van der Waals surface area (Å²) in [5.41, 5.74) is 2.16. The Labute approximate surface area is 261 Å². The molecule has 1 aliphatic heterocycles. The minimum atomic E-state index is -2.82. The Morgan fingerprint density at radius 1 is 0.744 bits per heavy atom. The Bertz CT molecular complexity index is 1240. The van der Waals surface area contributed by atoms with Crippen molar-refractivity contribution in [1.82, 2.24) is 0 Å². The highest BCUT2D eigenvalue weighted by molar-refractivity contribution is 6.99. The van der Waals surface area contributed by atoms with Gasteiger partial charge in [-0.1, -0.05) is 129 Å². The van der Waals surface area contributed by atoms with Gasteiger partial charge < -0.3 is 23.4 Å². The Balaban J connectivity index is 1.83. The van der Waals surface area contributed by atoms with Crippen molar-refractivity contribution in [2.75, 3.05) is 20.0 Å². The van der Waals surface area contributed by atoms with Crippen LogP contribution in [-0.2, 0) is 8.85 Å². The van der Waals surface area contributed by atoms with Gasteiger partial charge in [0.05, 0.1) is 12.7 Å². The molecule has 1 aliphatic rings. The number of rotatable bonds is 13. The highest BCUT2D eigenvalue weighted by Gasteiger charge is 2.52. The number of ether oxygens (including phenoxy) is 2. The van der Waals surface area contributed by atoms with Crippen LogP contribution in [0.15, 0.2) is 78.9 Å². The van der Waals surface area contributed by atoms with E-state index in [2.05, 4.69) is 129 Å². The van der Waals surface area contributed by atoms with Crippen LogP contribution in [0.25, 0.3) is 0 Å². The SMILES string of the molecule is CC(C)[Si](O[C@@H](c1ccc2c(c1)OCO2)[C@@H](CO)CO[Si](c1ccccc1)(c1ccccc1)C(C)(C)C)(C(C)C)C(C)C. The zero-order chi connectivity index (χ0) is 31.4. The first kappa shape index (κ1) is 33.5. The number of hydrogen-bond acceptors (Lipinski definition) is 5. The molecule has 0 fully saturated rings. The molecule has 234 valence electrons. The molecule has 0 saturated carbocycles. The smallest absolute Gasteiger partial charge is 0.261 e. The average molecular weight is 621 g/mol. The second kappa shape index (κ2) is 13.7. The van der Waals surface area contributed by atoms with Gasteiger partial charge in [0.15, 0.2) is 11.5 Å². The highest BCUT2D eigenvalue weighted by atomic mass is 28.4. The van der Waals surface area contributed by atoms with Crippen LogP contribution in [0.4, 0.5) is 0 Å². The molecule has 0 unspecified atom stereocenters. The van der Waals surface area contributed by atoms with Crippen molar-refractivity contribution in [3.05, 3.63) is 84.4 Å². The molecule has 1 heterocycles. The van der Waals surface area contributed by atoms with Crippen LogP contribution in [0, 0.1) is 5.92 Å². The van der Waals surface area contributed by atoms with E-state index < -0.39 is 16.6 Å². The number of fused-ring (bicyclic) bond motifs is 1. The van der Waals surface area contributed by atoms with E-state index >= 15 is 0 Å². The van der Waals surface area contributed by atoms with Crippen LogP contribution in [-0.4, -0.2) is 41.7 Å². The van der Waals surface area contributed by atoms with Gasteiger partial charge >= 0.3 is 0 Å². The monoisotopic (exact) mass is 620 g/mol. The summed E-state index contributed by atoms with van der Waals surface area (Å²) in [5.74, 6) is 1.18. The summed E-state index contributed by atoms with van der Waals surface area (Å²) >= 11 is 0. The fourth-order valence-corrected chi connectivity index (χ4v) is 17.6. The van der Waals surface area contributed by atoms with Crippen LogP contribution in [0.2, 0.25) is 21.7 Å². The van der Waals surface area contributed by atoms with Crippen LogP contribution in [0.5, 0.6) is 11.5 Å². The van der Waals surface area contributed by atoms with Crippen molar-refractivity contribution in [3.63, 3.8) is 0 Å². The van der Waals surface area contributed by atoms with Gasteiger partial charge in [0, 0.05) is 12.5 Å². The van der Waals surface area contributed by atoms with Gasteiger partial charge in [0.2, 0.25) is 15.1 Å². The van der Waals surface area contributed by atoms with Crippen LogP contribution in [0.3, 0.4) is 0 Å². The molecule has 0 aromatic heterocycles. The molecule has 2 atom stereocenters. The van der Waals surface area contributed by atoms with E-state index in [1.807, 2.05) is 12.1 Å². The van der Waals surface area contributed by atoms with E-state index in [9.17, 15) is 5.11 Å². The molecule has 7 heteroatoms. The minimum absolute atomic E-state index is 0.0594. The van der Waals surface area contributed by atoms with E-state index in [4.69, 9.17) is 18.3 Å². The number of aliphatic hydroxyl groups excluding tert-OH is 1. The summed E-state index contributed by atoms with van der Waals surface area (Å²) in [4.78, 5) is 0. The lowest BCUT2D eigenvalue weighted by molar-refractivity contribution is 0.0395. The predicted molar refractivity (Wildman–Crippen MR) is 182 cm³/mol. The molecule has 1 N–H and O–H groups in total. The first-order chi connectivity index (χ1) is 20.4. The van der Waals surface area contributed by atoms with Crippen molar-refractivity contribution < 1.29 is 23.4 Å². The zero-order valence-electron chi connectivity index (χ0n) is 27.6. The second-order valence-electron chi connectivity index (χ2n) is 13.9. The fraction of sp³-hybridized carbons (Fsp3) is 0.500. The molecule has 43 heavy (non-hydrogen) atoms. The summed E-state index contributed by atoms with van der Waals surface area (Å²) in [6, 6.07) is 27.4. The minimum Gasteiger partial charge on any atom is -0.454 e. The van der Waals surface area contributed by atoms with Gasteiger partial charge in [-0.25, -0.2) is 0 Å². The lowest BCUT2D eigenvalue weighted by Crippen LogP contribution is -2.67. The lowest BCUT2D eigenvalue weighted by Gasteiger charge is -2.47. The van der Waals surface area contributed by atoms with Crippen LogP contribution >= 0.6 is 0 Å². The van der Waals surface area contributed by atoms with Crippen molar-refractivity contribution in [2.24, 2.45) is 5.92 Å². The number of aliphatic hydroxyl groups is 1. The van der Waals surface area contributed by atoms with E-state index in [0.29, 0.717) is 23.2 Å². The van der Waals surface area contributed by atoms with Gasteiger partial charge in [-0.05, 0) is 49.7 Å². The fourth-order valence-electron chi connectivity index (χ4n) is 7.38. The maximum absolute atomic E-state index is 11.1. The molecule has 0 bridgehead atoms. The summed E-state index contributed by atoms with van der Waals surface area (Å²) in [6.07, 6.45) is -0.364.